The molecule has 0 unspecified atom stereocenters. The Labute approximate surface area is 116 Å². The van der Waals surface area contributed by atoms with Gasteiger partial charge in [0, 0.05) is 25.8 Å². The molecule has 0 bridgehead atoms. The van der Waals surface area contributed by atoms with Crippen LogP contribution in [0.3, 0.4) is 0 Å². The van der Waals surface area contributed by atoms with Gasteiger partial charge in [-0.1, -0.05) is 0 Å². The highest BCUT2D eigenvalue weighted by Crippen LogP contribution is 2.16. The maximum absolute atomic E-state index is 9.12. The molecular weight excluding hydrogens is 254 g/mol. The van der Waals surface area contributed by atoms with E-state index in [1.807, 2.05) is 16.8 Å². The minimum atomic E-state index is -0.0221. The van der Waals surface area contributed by atoms with E-state index in [9.17, 15) is 0 Å². The predicted molar refractivity (Wildman–Crippen MR) is 71.2 cm³/mol. The number of hydrogen-bond acceptors (Lipinski definition) is 5. The SMILES string of the molecule is N#Cc1ccnc(CN2CCn3nc(CO)cc3C2)c1. The zero-order valence-electron chi connectivity index (χ0n) is 11.0. The molecule has 1 aliphatic rings. The van der Waals surface area contributed by atoms with Gasteiger partial charge in [-0.3, -0.25) is 14.6 Å². The van der Waals surface area contributed by atoms with Crippen LogP contribution < -0.4 is 0 Å². The molecule has 6 nitrogen and oxygen atoms in total. The Morgan fingerprint density at radius 2 is 2.20 bits per heavy atom. The fraction of sp³-hybridized carbons (Fsp3) is 0.357. The van der Waals surface area contributed by atoms with Gasteiger partial charge in [-0.25, -0.2) is 0 Å². The lowest BCUT2D eigenvalue weighted by atomic mass is 10.2. The van der Waals surface area contributed by atoms with Crippen LogP contribution in [-0.4, -0.2) is 31.3 Å². The summed E-state index contributed by atoms with van der Waals surface area (Å²) in [4.78, 5) is 6.57. The molecule has 0 aliphatic carbocycles. The van der Waals surface area contributed by atoms with Gasteiger partial charge in [0.1, 0.15) is 0 Å². The third-order valence-electron chi connectivity index (χ3n) is 3.42. The first-order valence-corrected chi connectivity index (χ1v) is 6.52. The number of aromatic nitrogens is 3. The average Bonchev–Trinajstić information content (AvgIpc) is 2.90. The molecule has 0 saturated carbocycles. The highest BCUT2D eigenvalue weighted by atomic mass is 16.3. The molecule has 2 aromatic rings. The smallest absolute Gasteiger partial charge is 0.0992 e. The molecule has 0 atom stereocenters. The van der Waals surface area contributed by atoms with Crippen LogP contribution in [-0.2, 0) is 26.2 Å². The van der Waals surface area contributed by atoms with Gasteiger partial charge >= 0.3 is 0 Å². The zero-order valence-corrected chi connectivity index (χ0v) is 11.0. The molecule has 3 rings (SSSR count). The highest BCUT2D eigenvalue weighted by molar-refractivity contribution is 5.28. The van der Waals surface area contributed by atoms with Crippen molar-refractivity contribution in [3.8, 4) is 6.07 Å². The Morgan fingerprint density at radius 3 is 3.00 bits per heavy atom. The summed E-state index contributed by atoms with van der Waals surface area (Å²) in [5, 5.41) is 22.3. The molecule has 2 aromatic heterocycles. The van der Waals surface area contributed by atoms with Crippen molar-refractivity contribution in [3.05, 3.63) is 47.0 Å². The van der Waals surface area contributed by atoms with Gasteiger partial charge < -0.3 is 5.11 Å². The summed E-state index contributed by atoms with van der Waals surface area (Å²) in [6.07, 6.45) is 1.67. The van der Waals surface area contributed by atoms with Crippen LogP contribution in [0.25, 0.3) is 0 Å². The number of nitrogens with zero attached hydrogens (tertiary/aromatic N) is 5. The monoisotopic (exact) mass is 269 g/mol. The molecule has 102 valence electrons. The number of hydrogen-bond donors (Lipinski definition) is 1. The second-order valence-electron chi connectivity index (χ2n) is 4.87. The Balaban J connectivity index is 1.72. The first kappa shape index (κ1) is 12.8. The number of rotatable bonds is 3. The third-order valence-corrected chi connectivity index (χ3v) is 3.42. The highest BCUT2D eigenvalue weighted by Gasteiger charge is 2.18. The third kappa shape index (κ3) is 2.54. The molecule has 0 amide bonds. The maximum Gasteiger partial charge on any atom is 0.0992 e. The van der Waals surface area contributed by atoms with Crippen molar-refractivity contribution < 1.29 is 5.11 Å². The summed E-state index contributed by atoms with van der Waals surface area (Å²) in [7, 11) is 0. The first-order valence-electron chi connectivity index (χ1n) is 6.52. The largest absolute Gasteiger partial charge is 0.390 e. The van der Waals surface area contributed by atoms with E-state index in [0.29, 0.717) is 11.3 Å². The number of fused-ring (bicyclic) bond motifs is 1. The summed E-state index contributed by atoms with van der Waals surface area (Å²) >= 11 is 0. The number of pyridine rings is 1. The molecule has 1 aliphatic heterocycles. The van der Waals surface area contributed by atoms with E-state index in [1.54, 1.807) is 12.3 Å². The van der Waals surface area contributed by atoms with Crippen LogP contribution in [0.1, 0.15) is 22.6 Å². The number of nitriles is 1. The summed E-state index contributed by atoms with van der Waals surface area (Å²) in [5.41, 5.74) is 3.36. The van der Waals surface area contributed by atoms with Crippen LogP contribution >= 0.6 is 0 Å². The molecule has 6 heteroatoms. The van der Waals surface area contributed by atoms with Crippen molar-refractivity contribution in [2.24, 2.45) is 0 Å². The fourth-order valence-electron chi connectivity index (χ4n) is 2.46. The van der Waals surface area contributed by atoms with Gasteiger partial charge in [-0.15, -0.1) is 0 Å². The van der Waals surface area contributed by atoms with Crippen molar-refractivity contribution >= 4 is 0 Å². The molecule has 20 heavy (non-hydrogen) atoms. The summed E-state index contributed by atoms with van der Waals surface area (Å²) in [6.45, 7) is 3.18. The van der Waals surface area contributed by atoms with E-state index < -0.39 is 0 Å². The van der Waals surface area contributed by atoms with E-state index in [4.69, 9.17) is 10.4 Å². The topological polar surface area (TPSA) is 78.0 Å². The van der Waals surface area contributed by atoms with E-state index in [0.717, 1.165) is 37.6 Å². The molecule has 0 fully saturated rings. The number of aliphatic hydroxyl groups is 1. The Kier molecular flexibility index (Phi) is 3.46. The van der Waals surface area contributed by atoms with Crippen LogP contribution in [0.2, 0.25) is 0 Å². The van der Waals surface area contributed by atoms with Gasteiger partial charge in [-0.2, -0.15) is 10.4 Å². The Hall–Kier alpha value is -2.23. The van der Waals surface area contributed by atoms with Crippen LogP contribution in [0, 0.1) is 11.3 Å². The Bertz CT molecular complexity index is 658. The van der Waals surface area contributed by atoms with Gasteiger partial charge in [0.15, 0.2) is 0 Å². The Morgan fingerprint density at radius 1 is 1.30 bits per heavy atom. The molecule has 1 N–H and O–H groups in total. The van der Waals surface area contributed by atoms with E-state index in [2.05, 4.69) is 21.1 Å². The normalized spacial score (nSPS) is 14.8. The fourth-order valence-corrected chi connectivity index (χ4v) is 2.46. The van der Waals surface area contributed by atoms with E-state index >= 15 is 0 Å². The van der Waals surface area contributed by atoms with Crippen molar-refractivity contribution in [1.82, 2.24) is 19.7 Å². The molecule has 0 spiro atoms. The molecule has 3 heterocycles. The summed E-state index contributed by atoms with van der Waals surface area (Å²) in [6, 6.07) is 7.60. The second kappa shape index (κ2) is 5.41. The second-order valence-corrected chi connectivity index (χ2v) is 4.87. The molecule has 0 aromatic carbocycles. The van der Waals surface area contributed by atoms with E-state index in [-0.39, 0.29) is 6.61 Å². The lowest BCUT2D eigenvalue weighted by Crippen LogP contribution is -2.33. The van der Waals surface area contributed by atoms with Crippen molar-refractivity contribution in [2.75, 3.05) is 6.54 Å². The molecule has 0 saturated heterocycles. The first-order chi connectivity index (χ1) is 9.78. The lowest BCUT2D eigenvalue weighted by molar-refractivity contribution is 0.202. The van der Waals surface area contributed by atoms with Gasteiger partial charge in [0.2, 0.25) is 0 Å². The van der Waals surface area contributed by atoms with E-state index in [1.165, 1.54) is 0 Å². The van der Waals surface area contributed by atoms with Gasteiger partial charge in [-0.05, 0) is 18.2 Å². The quantitative estimate of drug-likeness (QED) is 0.885. The zero-order chi connectivity index (χ0) is 13.9. The minimum absolute atomic E-state index is 0.0221. The lowest BCUT2D eigenvalue weighted by Gasteiger charge is -2.27. The average molecular weight is 269 g/mol. The predicted octanol–water partition coefficient (Wildman–Crippen LogP) is 0.658. The summed E-state index contributed by atoms with van der Waals surface area (Å²) < 4.78 is 1.95. The van der Waals surface area contributed by atoms with Crippen LogP contribution in [0.4, 0.5) is 0 Å². The standard InChI is InChI=1S/C14H15N5O/c15-7-11-1-2-16-12(5-11)8-18-3-4-19-14(9-18)6-13(10-20)17-19/h1-2,5-6,20H,3-4,8-10H2. The molecule has 0 radical (unpaired) electrons. The van der Waals surface area contributed by atoms with Crippen LogP contribution in [0.15, 0.2) is 24.4 Å². The van der Waals surface area contributed by atoms with Gasteiger partial charge in [0.25, 0.3) is 0 Å². The van der Waals surface area contributed by atoms with Crippen molar-refractivity contribution in [3.63, 3.8) is 0 Å². The van der Waals surface area contributed by atoms with Crippen molar-refractivity contribution in [2.45, 2.75) is 26.2 Å². The number of aliphatic hydroxyl groups excluding tert-OH is 1. The van der Waals surface area contributed by atoms with Gasteiger partial charge in [0.05, 0.1) is 41.9 Å². The van der Waals surface area contributed by atoms with Crippen LogP contribution in [0.5, 0.6) is 0 Å². The van der Waals surface area contributed by atoms with Crippen molar-refractivity contribution in [1.29, 1.82) is 5.26 Å². The maximum atomic E-state index is 9.12. The molecular formula is C14H15N5O. The minimum Gasteiger partial charge on any atom is -0.390 e. The summed E-state index contributed by atoms with van der Waals surface area (Å²) in [5.74, 6) is 0.